The van der Waals surface area contributed by atoms with E-state index in [-0.39, 0.29) is 47.9 Å². The number of carbonyl (C=O) groups excluding carboxylic acids is 2. The summed E-state index contributed by atoms with van der Waals surface area (Å²) >= 11 is 0. The van der Waals surface area contributed by atoms with Gasteiger partial charge in [-0.2, -0.15) is 0 Å². The number of epoxide rings is 2. The van der Waals surface area contributed by atoms with Crippen LogP contribution in [0.3, 0.4) is 0 Å². The van der Waals surface area contributed by atoms with E-state index in [0.717, 1.165) is 24.8 Å². The molecule has 0 aromatic carbocycles. The van der Waals surface area contributed by atoms with E-state index in [0.29, 0.717) is 18.4 Å². The van der Waals surface area contributed by atoms with Crippen LogP contribution in [0.15, 0.2) is 23.8 Å². The number of hydrogen-bond donors (Lipinski definition) is 0. The predicted molar refractivity (Wildman–Crippen MR) is 90.1 cm³/mol. The van der Waals surface area contributed by atoms with Crippen molar-refractivity contribution in [1.82, 2.24) is 0 Å². The molecular formula is C20H24O6. The molecule has 3 saturated heterocycles. The maximum absolute atomic E-state index is 12.1. The lowest BCUT2D eigenvalue weighted by molar-refractivity contribution is -0.140. The standard InChI is InChI=1S/C20H24O6/c1-10-13-6-7-19(2)14(25-19)5-4-11-8-12(23-18(11)22)9-20(3)16(26-20)15(13)24-17(10)21/h8,12-16H,1,4-7,9H2,2-3H3. The van der Waals surface area contributed by atoms with Crippen LogP contribution in [0, 0.1) is 5.92 Å². The zero-order valence-corrected chi connectivity index (χ0v) is 15.2. The monoisotopic (exact) mass is 360 g/mol. The number of carbonyl (C=O) groups is 2. The van der Waals surface area contributed by atoms with Crippen molar-refractivity contribution in [3.63, 3.8) is 0 Å². The van der Waals surface area contributed by atoms with Gasteiger partial charge in [0.1, 0.15) is 18.3 Å². The minimum absolute atomic E-state index is 0.0452. The van der Waals surface area contributed by atoms with Crippen molar-refractivity contribution in [2.24, 2.45) is 5.92 Å². The molecule has 2 bridgehead atoms. The Bertz CT molecular complexity index is 741. The molecule has 4 aliphatic heterocycles. The molecule has 4 heterocycles. The summed E-state index contributed by atoms with van der Waals surface area (Å²) in [6, 6.07) is 0. The number of rotatable bonds is 0. The molecule has 7 atom stereocenters. The van der Waals surface area contributed by atoms with Crippen molar-refractivity contribution in [1.29, 1.82) is 0 Å². The minimum atomic E-state index is -0.447. The summed E-state index contributed by atoms with van der Waals surface area (Å²) < 4.78 is 23.0. The second-order valence-corrected chi connectivity index (χ2v) is 8.69. The molecule has 5 rings (SSSR count). The third kappa shape index (κ3) is 2.46. The molecule has 1 aliphatic carbocycles. The third-order valence-corrected chi connectivity index (χ3v) is 6.77. The fourth-order valence-electron chi connectivity index (χ4n) is 4.91. The molecule has 6 heteroatoms. The van der Waals surface area contributed by atoms with E-state index in [9.17, 15) is 9.59 Å². The summed E-state index contributed by atoms with van der Waals surface area (Å²) in [5.74, 6) is -0.599. The van der Waals surface area contributed by atoms with Gasteiger partial charge < -0.3 is 18.9 Å². The Morgan fingerprint density at radius 2 is 1.88 bits per heavy atom. The highest BCUT2D eigenvalue weighted by atomic mass is 16.7. The molecule has 0 radical (unpaired) electrons. The largest absolute Gasteiger partial charge is 0.455 e. The van der Waals surface area contributed by atoms with Gasteiger partial charge in [-0.3, -0.25) is 0 Å². The van der Waals surface area contributed by atoms with Crippen molar-refractivity contribution >= 4 is 11.9 Å². The molecule has 0 aromatic heterocycles. The lowest BCUT2D eigenvalue weighted by atomic mass is 9.83. The molecule has 6 nitrogen and oxygen atoms in total. The zero-order chi connectivity index (χ0) is 18.3. The van der Waals surface area contributed by atoms with E-state index in [2.05, 4.69) is 13.5 Å². The van der Waals surface area contributed by atoms with E-state index < -0.39 is 5.60 Å². The Morgan fingerprint density at radius 3 is 2.69 bits per heavy atom. The van der Waals surface area contributed by atoms with E-state index in [1.807, 2.05) is 13.0 Å². The molecule has 26 heavy (non-hydrogen) atoms. The van der Waals surface area contributed by atoms with Gasteiger partial charge in [0.15, 0.2) is 0 Å². The maximum Gasteiger partial charge on any atom is 0.334 e. The van der Waals surface area contributed by atoms with Gasteiger partial charge in [0.05, 0.1) is 17.3 Å². The van der Waals surface area contributed by atoms with Crippen LogP contribution in [0.5, 0.6) is 0 Å². The Balaban J connectivity index is 1.43. The first-order valence-corrected chi connectivity index (χ1v) is 9.46. The van der Waals surface area contributed by atoms with Crippen LogP contribution in [0.1, 0.15) is 46.0 Å². The van der Waals surface area contributed by atoms with E-state index in [4.69, 9.17) is 18.9 Å². The minimum Gasteiger partial charge on any atom is -0.455 e. The zero-order valence-electron chi connectivity index (χ0n) is 15.2. The normalized spacial score (nSPS) is 49.8. The van der Waals surface area contributed by atoms with Gasteiger partial charge in [-0.25, -0.2) is 9.59 Å². The summed E-state index contributed by atoms with van der Waals surface area (Å²) in [6.45, 7) is 8.05. The highest BCUT2D eigenvalue weighted by molar-refractivity contribution is 5.91. The van der Waals surface area contributed by atoms with Gasteiger partial charge in [-0.05, 0) is 45.6 Å². The summed E-state index contributed by atoms with van der Waals surface area (Å²) in [6.07, 6.45) is 4.99. The van der Waals surface area contributed by atoms with Crippen molar-refractivity contribution in [3.8, 4) is 0 Å². The lowest BCUT2D eigenvalue weighted by Crippen LogP contribution is -2.31. The van der Waals surface area contributed by atoms with Gasteiger partial charge >= 0.3 is 11.9 Å². The number of ether oxygens (including phenoxy) is 4. The quantitative estimate of drug-likeness (QED) is 0.374. The Labute approximate surface area is 152 Å². The fourth-order valence-corrected chi connectivity index (χ4v) is 4.91. The summed E-state index contributed by atoms with van der Waals surface area (Å²) in [7, 11) is 0. The van der Waals surface area contributed by atoms with Crippen molar-refractivity contribution in [2.75, 3.05) is 0 Å². The molecule has 5 aliphatic rings. The smallest absolute Gasteiger partial charge is 0.334 e. The highest BCUT2D eigenvalue weighted by Crippen LogP contribution is 2.52. The van der Waals surface area contributed by atoms with Crippen LogP contribution in [0.25, 0.3) is 0 Å². The first-order chi connectivity index (χ1) is 12.3. The second-order valence-electron chi connectivity index (χ2n) is 8.69. The van der Waals surface area contributed by atoms with Crippen LogP contribution in [-0.2, 0) is 28.5 Å². The van der Waals surface area contributed by atoms with Gasteiger partial charge in [0.25, 0.3) is 0 Å². The molecular weight excluding hydrogens is 336 g/mol. The number of hydrogen-bond acceptors (Lipinski definition) is 6. The van der Waals surface area contributed by atoms with Gasteiger partial charge in [-0.15, -0.1) is 0 Å². The first-order valence-electron chi connectivity index (χ1n) is 9.46. The molecule has 0 aromatic rings. The van der Waals surface area contributed by atoms with Gasteiger partial charge in [-0.1, -0.05) is 6.58 Å². The summed E-state index contributed by atoms with van der Waals surface area (Å²) in [4.78, 5) is 24.2. The average Bonchev–Trinajstić information content (AvgIpc) is 3.34. The maximum atomic E-state index is 12.1. The van der Waals surface area contributed by atoms with E-state index >= 15 is 0 Å². The van der Waals surface area contributed by atoms with Crippen LogP contribution in [-0.4, -0.2) is 47.6 Å². The first kappa shape index (κ1) is 16.5. The van der Waals surface area contributed by atoms with Crippen molar-refractivity contribution in [2.45, 2.75) is 81.6 Å². The lowest BCUT2D eigenvalue weighted by Gasteiger charge is -2.19. The van der Waals surface area contributed by atoms with Crippen molar-refractivity contribution in [3.05, 3.63) is 23.8 Å². The topological polar surface area (TPSA) is 77.7 Å². The molecule has 3 fully saturated rings. The van der Waals surface area contributed by atoms with Crippen LogP contribution in [0.4, 0.5) is 0 Å². The predicted octanol–water partition coefficient (Wildman–Crippen LogP) is 2.22. The van der Waals surface area contributed by atoms with Gasteiger partial charge in [0, 0.05) is 23.5 Å². The second kappa shape index (κ2) is 5.20. The van der Waals surface area contributed by atoms with Gasteiger partial charge in [0.2, 0.25) is 0 Å². The summed E-state index contributed by atoms with van der Waals surface area (Å²) in [5.41, 5.74) is 0.633. The Morgan fingerprint density at radius 1 is 1.08 bits per heavy atom. The Kier molecular flexibility index (Phi) is 3.30. The molecule has 0 spiro atoms. The Hall–Kier alpha value is -1.66. The van der Waals surface area contributed by atoms with Crippen molar-refractivity contribution < 1.29 is 28.5 Å². The van der Waals surface area contributed by atoms with E-state index in [1.165, 1.54) is 0 Å². The average molecular weight is 360 g/mol. The van der Waals surface area contributed by atoms with Crippen LogP contribution >= 0.6 is 0 Å². The molecule has 0 saturated carbocycles. The highest BCUT2D eigenvalue weighted by Gasteiger charge is 2.63. The van der Waals surface area contributed by atoms with E-state index in [1.54, 1.807) is 0 Å². The molecule has 0 N–H and O–H groups in total. The molecule has 140 valence electrons. The number of esters is 2. The fraction of sp³-hybridized carbons (Fsp3) is 0.700. The van der Waals surface area contributed by atoms with Crippen LogP contribution in [0.2, 0.25) is 0 Å². The van der Waals surface area contributed by atoms with Crippen LogP contribution < -0.4 is 0 Å². The molecule has 7 unspecified atom stereocenters. The SMILES string of the molecule is C=C1C(=O)OC2C1CCC1(C)OC1CCC1=CC(CC3(C)OC23)OC1=O. The molecule has 0 amide bonds. The third-order valence-electron chi connectivity index (χ3n) is 6.77. The summed E-state index contributed by atoms with van der Waals surface area (Å²) in [5, 5.41) is 0. The number of fused-ring (bicyclic) bond motifs is 5.